The Balaban J connectivity index is 1.52. The molecule has 4 rings (SSSR count). The first-order valence-corrected chi connectivity index (χ1v) is 14.0. The monoisotopic (exact) mass is 663 g/mol. The van der Waals surface area contributed by atoms with Crippen LogP contribution in [0.4, 0.5) is 17.6 Å². The summed E-state index contributed by atoms with van der Waals surface area (Å²) in [5.74, 6) is -1.95. The average Bonchev–Trinajstić information content (AvgIpc) is 3.29. The van der Waals surface area contributed by atoms with Gasteiger partial charge in [-0.1, -0.05) is 6.92 Å². The van der Waals surface area contributed by atoms with E-state index in [-0.39, 0.29) is 17.9 Å². The number of hydrogen-bond donors (Lipinski definition) is 1. The van der Waals surface area contributed by atoms with Gasteiger partial charge in [-0.2, -0.15) is 13.1 Å². The molecule has 0 spiro atoms. The van der Waals surface area contributed by atoms with Gasteiger partial charge in [0.1, 0.15) is 18.0 Å². The summed E-state index contributed by atoms with van der Waals surface area (Å²) in [7, 11) is -4.25. The summed E-state index contributed by atoms with van der Waals surface area (Å²) in [6.45, 7) is 1.34. The SMILES string of the molecule is CCc1cc(CNC(=O)[C@@H]2C[C@@H](F)CN2S(=O)(=O)c2ccc(F)cc2)cc(-c2cnc(C(F)(F)I)nc2)n1. The Morgan fingerprint density at radius 2 is 1.84 bits per heavy atom. The van der Waals surface area contributed by atoms with E-state index in [1.807, 2.05) is 6.92 Å². The summed E-state index contributed by atoms with van der Waals surface area (Å²) >= 11 is 0.937. The highest BCUT2D eigenvalue weighted by atomic mass is 127. The van der Waals surface area contributed by atoms with Gasteiger partial charge in [0, 0.05) is 65.8 Å². The van der Waals surface area contributed by atoms with Crippen molar-refractivity contribution >= 4 is 38.5 Å². The van der Waals surface area contributed by atoms with Gasteiger partial charge < -0.3 is 5.32 Å². The van der Waals surface area contributed by atoms with Gasteiger partial charge >= 0.3 is 3.93 Å². The summed E-state index contributed by atoms with van der Waals surface area (Å²) < 4.78 is 78.1. The minimum absolute atomic E-state index is 0.0238. The molecule has 0 aliphatic carbocycles. The standard InChI is InChI=1S/C24H22F4IN5O3S/c1-2-18-7-14(8-20(33-18)15-11-31-23(32-12-15)24(27,28)29)10-30-22(35)21-9-17(26)13-34(21)38(36,37)19-5-3-16(25)4-6-19/h3-8,11-12,17,21H,2,9-10,13H2,1H3,(H,30,35)/t17-,21+/m1/s1. The van der Waals surface area contributed by atoms with Crippen LogP contribution in [0, 0.1) is 5.82 Å². The van der Waals surface area contributed by atoms with Crippen LogP contribution in [-0.2, 0) is 31.7 Å². The smallest absolute Gasteiger partial charge is 0.351 e. The number of hydrogen-bond acceptors (Lipinski definition) is 6. The van der Waals surface area contributed by atoms with Crippen molar-refractivity contribution in [1.82, 2.24) is 24.6 Å². The molecular weight excluding hydrogens is 641 g/mol. The average molecular weight is 663 g/mol. The predicted octanol–water partition coefficient (Wildman–Crippen LogP) is 4.14. The topological polar surface area (TPSA) is 105 Å². The molecule has 202 valence electrons. The second kappa shape index (κ2) is 11.2. The number of sulfonamides is 1. The molecule has 0 saturated carbocycles. The second-order valence-electron chi connectivity index (χ2n) is 8.59. The van der Waals surface area contributed by atoms with E-state index >= 15 is 0 Å². The van der Waals surface area contributed by atoms with E-state index in [1.54, 1.807) is 12.1 Å². The van der Waals surface area contributed by atoms with Crippen LogP contribution in [0.3, 0.4) is 0 Å². The number of amides is 1. The first-order chi connectivity index (χ1) is 17.9. The minimum atomic E-state index is -4.25. The van der Waals surface area contributed by atoms with E-state index in [0.29, 0.717) is 28.9 Å². The van der Waals surface area contributed by atoms with Gasteiger partial charge in [0.25, 0.3) is 0 Å². The van der Waals surface area contributed by atoms with Crippen LogP contribution >= 0.6 is 22.6 Å². The van der Waals surface area contributed by atoms with Crippen LogP contribution in [0.2, 0.25) is 0 Å². The van der Waals surface area contributed by atoms with E-state index in [9.17, 15) is 30.8 Å². The van der Waals surface area contributed by atoms with Crippen LogP contribution < -0.4 is 5.32 Å². The first-order valence-electron chi connectivity index (χ1n) is 11.5. The Morgan fingerprint density at radius 1 is 1.18 bits per heavy atom. The number of halogens is 5. The third-order valence-electron chi connectivity index (χ3n) is 5.90. The maximum absolute atomic E-state index is 14.3. The van der Waals surface area contributed by atoms with Crippen molar-refractivity contribution in [2.45, 2.75) is 47.3 Å². The zero-order valence-electron chi connectivity index (χ0n) is 19.9. The highest BCUT2D eigenvalue weighted by Gasteiger charge is 2.44. The molecule has 2 atom stereocenters. The molecule has 1 N–H and O–H groups in total. The van der Waals surface area contributed by atoms with E-state index in [4.69, 9.17) is 0 Å². The zero-order chi connectivity index (χ0) is 27.7. The molecule has 8 nitrogen and oxygen atoms in total. The molecule has 14 heteroatoms. The van der Waals surface area contributed by atoms with Crippen LogP contribution in [0.1, 0.15) is 30.4 Å². The fraction of sp³-hybridized carbons (Fsp3) is 0.333. The summed E-state index contributed by atoms with van der Waals surface area (Å²) in [6.07, 6.45) is 1.14. The van der Waals surface area contributed by atoms with Crippen molar-refractivity contribution in [1.29, 1.82) is 0 Å². The maximum Gasteiger partial charge on any atom is 0.354 e. The van der Waals surface area contributed by atoms with E-state index in [1.165, 1.54) is 12.4 Å². The summed E-state index contributed by atoms with van der Waals surface area (Å²) in [6, 6.07) is 6.15. The lowest BCUT2D eigenvalue weighted by Crippen LogP contribution is -2.45. The number of carbonyl (C=O) groups is 1. The number of rotatable bonds is 8. The number of aryl methyl sites for hydroxylation is 1. The van der Waals surface area contributed by atoms with Crippen LogP contribution in [-0.4, -0.2) is 52.3 Å². The number of pyridine rings is 1. The summed E-state index contributed by atoms with van der Waals surface area (Å²) in [5, 5.41) is 2.65. The van der Waals surface area contributed by atoms with Crippen molar-refractivity contribution in [2.75, 3.05) is 6.54 Å². The Bertz CT molecular complexity index is 1420. The lowest BCUT2D eigenvalue weighted by atomic mass is 10.1. The largest absolute Gasteiger partial charge is 0.354 e. The third kappa shape index (κ3) is 6.29. The molecule has 3 aromatic rings. The Labute approximate surface area is 230 Å². The fourth-order valence-corrected chi connectivity index (χ4v) is 5.90. The Morgan fingerprint density at radius 3 is 2.45 bits per heavy atom. The Kier molecular flexibility index (Phi) is 8.32. The second-order valence-corrected chi connectivity index (χ2v) is 11.8. The fourth-order valence-electron chi connectivity index (χ4n) is 4.00. The molecule has 2 aromatic heterocycles. The first kappa shape index (κ1) is 28.3. The highest BCUT2D eigenvalue weighted by molar-refractivity contribution is 14.1. The molecule has 0 unspecified atom stereocenters. The van der Waals surface area contributed by atoms with Crippen molar-refractivity contribution < 1.29 is 30.8 Å². The lowest BCUT2D eigenvalue weighted by molar-refractivity contribution is -0.124. The van der Waals surface area contributed by atoms with Gasteiger partial charge in [-0.3, -0.25) is 9.78 Å². The molecule has 1 amide bonds. The van der Waals surface area contributed by atoms with E-state index in [2.05, 4.69) is 20.3 Å². The molecule has 1 aromatic carbocycles. The molecule has 1 saturated heterocycles. The number of aromatic nitrogens is 3. The molecule has 0 radical (unpaired) electrons. The number of alkyl halides is 4. The minimum Gasteiger partial charge on any atom is -0.351 e. The number of benzene rings is 1. The summed E-state index contributed by atoms with van der Waals surface area (Å²) in [5.41, 5.74) is 2.05. The predicted molar refractivity (Wildman–Crippen MR) is 138 cm³/mol. The number of nitrogens with one attached hydrogen (secondary N) is 1. The Hall–Kier alpha value is -2.72. The van der Waals surface area contributed by atoms with Gasteiger partial charge in [-0.05, 0) is 48.4 Å². The van der Waals surface area contributed by atoms with Gasteiger partial charge in [-0.25, -0.2) is 27.2 Å². The van der Waals surface area contributed by atoms with Crippen molar-refractivity contribution in [3.63, 3.8) is 0 Å². The molecule has 1 fully saturated rings. The number of nitrogens with zero attached hydrogens (tertiary/aromatic N) is 4. The number of carbonyl (C=O) groups excluding carboxylic acids is 1. The van der Waals surface area contributed by atoms with E-state index in [0.717, 1.165) is 51.2 Å². The third-order valence-corrected chi connectivity index (χ3v) is 8.27. The molecule has 1 aliphatic heterocycles. The van der Waals surface area contributed by atoms with Crippen LogP contribution in [0.25, 0.3) is 11.3 Å². The van der Waals surface area contributed by atoms with Crippen LogP contribution in [0.15, 0.2) is 53.7 Å². The maximum atomic E-state index is 14.3. The summed E-state index contributed by atoms with van der Waals surface area (Å²) in [4.78, 5) is 24.6. The molecule has 1 aliphatic rings. The molecule has 0 bridgehead atoms. The molecule has 3 heterocycles. The van der Waals surface area contributed by atoms with Gasteiger partial charge in [0.15, 0.2) is 0 Å². The molecule has 38 heavy (non-hydrogen) atoms. The zero-order valence-corrected chi connectivity index (χ0v) is 22.9. The van der Waals surface area contributed by atoms with Crippen molar-refractivity contribution in [2.24, 2.45) is 0 Å². The van der Waals surface area contributed by atoms with Gasteiger partial charge in [-0.15, -0.1) is 0 Å². The van der Waals surface area contributed by atoms with Gasteiger partial charge in [0.05, 0.1) is 10.6 Å². The highest BCUT2D eigenvalue weighted by Crippen LogP contribution is 2.33. The van der Waals surface area contributed by atoms with Crippen LogP contribution in [0.5, 0.6) is 0 Å². The van der Waals surface area contributed by atoms with Crippen molar-refractivity contribution in [3.05, 3.63) is 71.7 Å². The molecular formula is C24H22F4IN5O3S. The normalized spacial score (nSPS) is 18.5. The van der Waals surface area contributed by atoms with Gasteiger partial charge in [0.2, 0.25) is 21.8 Å². The van der Waals surface area contributed by atoms with E-state index < -0.39 is 50.3 Å². The lowest BCUT2D eigenvalue weighted by Gasteiger charge is -2.23. The quantitative estimate of drug-likeness (QED) is 0.221. The van der Waals surface area contributed by atoms with Crippen molar-refractivity contribution in [3.8, 4) is 11.3 Å².